The molecule has 62 valence electrons. The van der Waals surface area contributed by atoms with E-state index in [-0.39, 0.29) is 17.1 Å². The molecule has 0 aliphatic heterocycles. The number of allylic oxidation sites excluding steroid dienone is 1. The smallest absolute Gasteiger partial charge is 0.726 e. The first-order chi connectivity index (χ1) is 3.91. The van der Waals surface area contributed by atoms with Crippen LogP contribution in [0.15, 0.2) is 12.7 Å². The zero-order valence-corrected chi connectivity index (χ0v) is 6.37. The third-order valence-electron chi connectivity index (χ3n) is 0.0913. The first-order valence-electron chi connectivity index (χ1n) is 1.60. The second-order valence-electron chi connectivity index (χ2n) is 0.761. The van der Waals surface area contributed by atoms with Crippen LogP contribution < -0.4 is 0 Å². The van der Waals surface area contributed by atoms with Crippen molar-refractivity contribution in [2.75, 3.05) is 0 Å². The van der Waals surface area contributed by atoms with Crippen molar-refractivity contribution in [1.29, 1.82) is 5.26 Å². The van der Waals surface area contributed by atoms with Crippen LogP contribution in [0.25, 0.3) is 0 Å². The summed E-state index contributed by atoms with van der Waals surface area (Å²) in [6, 6.07) is 1.69. The maximum atomic E-state index is 8.63. The molecule has 0 fully saturated rings. The zero-order valence-electron chi connectivity index (χ0n) is 4.61. The zero-order chi connectivity index (χ0) is 7.91. The van der Waals surface area contributed by atoms with E-state index in [9.17, 15) is 0 Å². The summed E-state index contributed by atoms with van der Waals surface area (Å²) >= 11 is 0. The van der Waals surface area contributed by atoms with Gasteiger partial charge in [0.25, 0.3) is 0 Å². The Kier molecular flexibility index (Phi) is 14.1. The summed E-state index contributed by atoms with van der Waals surface area (Å²) in [5.74, 6) is 0. The van der Waals surface area contributed by atoms with E-state index in [0.717, 1.165) is 0 Å². The van der Waals surface area contributed by atoms with Gasteiger partial charge in [-0.25, -0.2) is 8.42 Å². The molecule has 0 heterocycles. The van der Waals surface area contributed by atoms with Gasteiger partial charge in [-0.1, -0.05) is 6.58 Å². The van der Waals surface area contributed by atoms with Crippen LogP contribution in [-0.2, 0) is 27.5 Å². The molecule has 0 bridgehead atoms. The molecule has 0 atom stereocenters. The predicted octanol–water partition coefficient (Wildman–Crippen LogP) is -0.302. The molecule has 0 saturated heterocycles. The van der Waals surface area contributed by atoms with E-state index < -0.39 is 10.4 Å². The number of rotatable bonds is 0. The topological polar surface area (TPSA) is 101 Å². The Morgan fingerprint density at radius 1 is 1.70 bits per heavy atom. The van der Waals surface area contributed by atoms with Gasteiger partial charge < -0.3 is 4.55 Å². The molecule has 0 aromatic rings. The maximum Gasteiger partial charge on any atom is 1.00 e. The number of hydrogen-bond donors (Lipinski definition) is 1. The normalized spacial score (nSPS) is 7.30. The molecule has 0 aromatic carbocycles. The third-order valence-corrected chi connectivity index (χ3v) is 0.0913. The van der Waals surface area contributed by atoms with Crippen molar-refractivity contribution in [3.63, 3.8) is 0 Å². The molecule has 5 nitrogen and oxygen atoms in total. The van der Waals surface area contributed by atoms with E-state index in [1.54, 1.807) is 6.07 Å². The number of nitrogens with zero attached hydrogens (tertiary/aromatic N) is 1. The van der Waals surface area contributed by atoms with Crippen LogP contribution in [0.1, 0.15) is 0 Å². The molecule has 0 saturated carbocycles. The van der Waals surface area contributed by atoms with Crippen LogP contribution in [0, 0.1) is 11.3 Å². The van der Waals surface area contributed by atoms with Gasteiger partial charge >= 0.3 is 17.1 Å². The first kappa shape index (κ1) is 16.3. The van der Waals surface area contributed by atoms with Gasteiger partial charge in [0.2, 0.25) is 10.4 Å². The average Bonchev–Trinajstić information content (AvgIpc) is 1.61. The summed E-state index contributed by atoms with van der Waals surface area (Å²) in [7, 11) is -4.92. The van der Waals surface area contributed by atoms with E-state index >= 15 is 0 Å². The summed E-state index contributed by atoms with van der Waals surface area (Å²) in [6.07, 6.45) is 1.18. The average molecular weight is 214 g/mol. The minimum Gasteiger partial charge on any atom is -0.726 e. The van der Waals surface area contributed by atoms with Gasteiger partial charge in [-0.3, -0.25) is 4.55 Å². The van der Waals surface area contributed by atoms with Gasteiger partial charge in [-0.2, -0.15) is 5.26 Å². The second kappa shape index (κ2) is 8.62. The molecule has 0 aliphatic carbocycles. The summed E-state index contributed by atoms with van der Waals surface area (Å²) < 4.78 is 32.8. The van der Waals surface area contributed by atoms with Crippen molar-refractivity contribution in [3.8, 4) is 6.07 Å². The van der Waals surface area contributed by atoms with Gasteiger partial charge in [-0.05, 0) is 0 Å². The fraction of sp³-hybridized carbons (Fsp3) is 0. The maximum absolute atomic E-state index is 8.63. The van der Waals surface area contributed by atoms with Crippen molar-refractivity contribution >= 4 is 10.4 Å². The monoisotopic (exact) mass is 213 g/mol. The van der Waals surface area contributed by atoms with Crippen LogP contribution in [0.3, 0.4) is 0 Å². The molecule has 0 amide bonds. The minimum absolute atomic E-state index is 0. The quantitative estimate of drug-likeness (QED) is 0.258. The third kappa shape index (κ3) is 870. The Labute approximate surface area is 69.4 Å². The van der Waals surface area contributed by atoms with Crippen LogP contribution >= 0.6 is 0 Å². The molecular formula is C3H4CuNO4S. The summed E-state index contributed by atoms with van der Waals surface area (Å²) in [6.45, 7) is 3.12. The second-order valence-corrected chi connectivity index (χ2v) is 1.62. The molecule has 0 aromatic heterocycles. The SMILES string of the molecule is C=CC#N.O=S(=O)([O-])O.[Cu+]. The Balaban J connectivity index is -0.0000000910. The standard InChI is InChI=1S/C3H3N.Cu.H2O4S/c1-2-3-4;;1-5(2,3)4/h2H,1H2;;(H2,1,2,3,4)/q;+1;/p-1. The molecule has 1 N–H and O–H groups in total. The Hall–Kier alpha value is -0.381. The molecule has 0 aliphatic rings. The van der Waals surface area contributed by atoms with E-state index in [1.165, 1.54) is 6.08 Å². The van der Waals surface area contributed by atoms with E-state index in [0.29, 0.717) is 0 Å². The fourth-order valence-corrected chi connectivity index (χ4v) is 0. The van der Waals surface area contributed by atoms with Crippen LogP contribution in [-0.4, -0.2) is 17.5 Å². The molecule has 0 rings (SSSR count). The van der Waals surface area contributed by atoms with Crippen molar-refractivity contribution in [2.24, 2.45) is 0 Å². The summed E-state index contributed by atoms with van der Waals surface area (Å²) in [4.78, 5) is 0. The Morgan fingerprint density at radius 2 is 1.80 bits per heavy atom. The molecule has 0 radical (unpaired) electrons. The predicted molar refractivity (Wildman–Crippen MR) is 28.1 cm³/mol. The van der Waals surface area contributed by atoms with Gasteiger partial charge in [-0.15, -0.1) is 0 Å². The first-order valence-corrected chi connectivity index (χ1v) is 2.97. The van der Waals surface area contributed by atoms with E-state index in [4.69, 9.17) is 22.8 Å². The van der Waals surface area contributed by atoms with Crippen molar-refractivity contribution in [3.05, 3.63) is 12.7 Å². The van der Waals surface area contributed by atoms with Crippen molar-refractivity contribution in [2.45, 2.75) is 0 Å². The van der Waals surface area contributed by atoms with Crippen LogP contribution in [0.4, 0.5) is 0 Å². The molecular weight excluding hydrogens is 210 g/mol. The van der Waals surface area contributed by atoms with Gasteiger partial charge in [0.1, 0.15) is 0 Å². The van der Waals surface area contributed by atoms with Gasteiger partial charge in [0.15, 0.2) is 0 Å². The van der Waals surface area contributed by atoms with Crippen LogP contribution in [0.5, 0.6) is 0 Å². The summed E-state index contributed by atoms with van der Waals surface area (Å²) in [5, 5.41) is 7.51. The minimum atomic E-state index is -4.92. The number of hydrogen-bond acceptors (Lipinski definition) is 4. The van der Waals surface area contributed by atoms with Crippen molar-refractivity contribution in [1.82, 2.24) is 0 Å². The Bertz CT molecular complexity index is 195. The van der Waals surface area contributed by atoms with Crippen LogP contribution in [0.2, 0.25) is 0 Å². The Morgan fingerprint density at radius 3 is 1.80 bits per heavy atom. The van der Waals surface area contributed by atoms with Gasteiger partial charge in [0.05, 0.1) is 6.07 Å². The fourth-order valence-electron chi connectivity index (χ4n) is 0. The van der Waals surface area contributed by atoms with E-state index in [2.05, 4.69) is 6.58 Å². The molecule has 0 unspecified atom stereocenters. The number of nitriles is 1. The van der Waals surface area contributed by atoms with E-state index in [1.807, 2.05) is 0 Å². The molecule has 10 heavy (non-hydrogen) atoms. The largest absolute Gasteiger partial charge is 1.00 e. The summed E-state index contributed by atoms with van der Waals surface area (Å²) in [5.41, 5.74) is 0. The van der Waals surface area contributed by atoms with Crippen molar-refractivity contribution < 1.29 is 34.6 Å². The molecule has 7 heteroatoms. The molecule has 0 spiro atoms. The van der Waals surface area contributed by atoms with Gasteiger partial charge in [0, 0.05) is 6.08 Å².